The van der Waals surface area contributed by atoms with Crippen molar-refractivity contribution >= 4 is 5.78 Å². The largest absolute Gasteiger partial charge is 0.299 e. The number of nitrogens with zero attached hydrogens (tertiary/aromatic N) is 1. The molecule has 25 heavy (non-hydrogen) atoms. The van der Waals surface area contributed by atoms with Gasteiger partial charge in [0.1, 0.15) is 5.78 Å². The smallest absolute Gasteiger partial charge is 0.139 e. The van der Waals surface area contributed by atoms with Crippen molar-refractivity contribution < 1.29 is 4.79 Å². The summed E-state index contributed by atoms with van der Waals surface area (Å²) < 4.78 is 0. The lowest BCUT2D eigenvalue weighted by Crippen LogP contribution is -2.43. The fourth-order valence-corrected chi connectivity index (χ4v) is 4.22. The molecule has 1 heterocycles. The lowest BCUT2D eigenvalue weighted by Gasteiger charge is -2.44. The fraction of sp³-hybridized carbons (Fsp3) is 0.435. The summed E-state index contributed by atoms with van der Waals surface area (Å²) >= 11 is 0. The lowest BCUT2D eigenvalue weighted by molar-refractivity contribution is -0.132. The summed E-state index contributed by atoms with van der Waals surface area (Å²) in [4.78, 5) is 15.5. The molecule has 1 saturated heterocycles. The van der Waals surface area contributed by atoms with E-state index in [2.05, 4.69) is 73.5 Å². The van der Waals surface area contributed by atoms with Crippen molar-refractivity contribution in [2.45, 2.75) is 51.1 Å². The quantitative estimate of drug-likeness (QED) is 0.643. The maximum Gasteiger partial charge on any atom is 0.139 e. The highest BCUT2D eigenvalue weighted by atomic mass is 16.1. The molecule has 3 rings (SSSR count). The third kappa shape index (κ3) is 4.01. The van der Waals surface area contributed by atoms with Gasteiger partial charge in [0.25, 0.3) is 0 Å². The van der Waals surface area contributed by atoms with E-state index >= 15 is 0 Å². The van der Waals surface area contributed by atoms with Crippen LogP contribution in [-0.2, 0) is 4.79 Å². The molecule has 2 aromatic carbocycles. The van der Waals surface area contributed by atoms with Gasteiger partial charge in [0.15, 0.2) is 0 Å². The van der Waals surface area contributed by atoms with Gasteiger partial charge in [-0.1, -0.05) is 86.8 Å². The molecule has 0 spiro atoms. The first kappa shape index (κ1) is 17.9. The van der Waals surface area contributed by atoms with Crippen molar-refractivity contribution in [3.8, 4) is 0 Å². The Hall–Kier alpha value is -1.93. The first-order valence-electron chi connectivity index (χ1n) is 9.57. The van der Waals surface area contributed by atoms with Gasteiger partial charge in [-0.3, -0.25) is 9.69 Å². The van der Waals surface area contributed by atoms with Gasteiger partial charge in [-0.2, -0.15) is 0 Å². The second kappa shape index (κ2) is 8.44. The van der Waals surface area contributed by atoms with Gasteiger partial charge in [-0.15, -0.1) is 0 Å². The van der Waals surface area contributed by atoms with Gasteiger partial charge in [0.2, 0.25) is 0 Å². The van der Waals surface area contributed by atoms with E-state index in [-0.39, 0.29) is 18.0 Å². The predicted molar refractivity (Wildman–Crippen MR) is 103 cm³/mol. The summed E-state index contributed by atoms with van der Waals surface area (Å²) in [6.07, 6.45) is 5.16. The molecule has 132 valence electrons. The monoisotopic (exact) mass is 335 g/mol. The molecule has 2 nitrogen and oxygen atoms in total. The molecule has 0 saturated carbocycles. The van der Waals surface area contributed by atoms with Crippen LogP contribution in [0.15, 0.2) is 60.7 Å². The van der Waals surface area contributed by atoms with Crippen molar-refractivity contribution in [3.63, 3.8) is 0 Å². The van der Waals surface area contributed by atoms with E-state index in [1.807, 2.05) is 6.07 Å². The van der Waals surface area contributed by atoms with Crippen LogP contribution in [0.1, 0.15) is 62.2 Å². The van der Waals surface area contributed by atoms with Gasteiger partial charge in [0, 0.05) is 24.4 Å². The Morgan fingerprint density at radius 2 is 1.52 bits per heavy atom. The Bertz CT molecular complexity index is 667. The summed E-state index contributed by atoms with van der Waals surface area (Å²) in [7, 11) is 2.19. The second-order valence-corrected chi connectivity index (χ2v) is 7.22. The zero-order valence-electron chi connectivity index (χ0n) is 15.4. The van der Waals surface area contributed by atoms with E-state index in [0.717, 1.165) is 12.8 Å². The number of carbonyl (C=O) groups is 1. The molecule has 0 radical (unpaired) electrons. The van der Waals surface area contributed by atoms with E-state index in [9.17, 15) is 4.79 Å². The number of benzene rings is 2. The zero-order chi connectivity index (χ0) is 17.6. The average Bonchev–Trinajstić information content (AvgIpc) is 2.66. The third-order valence-electron chi connectivity index (χ3n) is 5.56. The summed E-state index contributed by atoms with van der Waals surface area (Å²) in [5.74, 6) is 0.538. The highest BCUT2D eigenvalue weighted by Gasteiger charge is 2.41. The van der Waals surface area contributed by atoms with E-state index in [0.29, 0.717) is 12.2 Å². The SMILES string of the molecule is CCCCC[C@@H]1C(=O)C[C@@H](c2ccccc2)N(C)[C@@H]1c1ccccc1. The molecule has 1 aliphatic heterocycles. The van der Waals surface area contributed by atoms with Crippen LogP contribution in [-0.4, -0.2) is 17.7 Å². The van der Waals surface area contributed by atoms with Crippen molar-refractivity contribution in [1.82, 2.24) is 4.90 Å². The summed E-state index contributed by atoms with van der Waals surface area (Å²) in [5.41, 5.74) is 2.51. The molecule has 2 aromatic rings. The number of unbranched alkanes of at least 4 members (excludes halogenated alkanes) is 2. The molecular formula is C23H29NO. The molecule has 0 amide bonds. The van der Waals surface area contributed by atoms with Crippen LogP contribution in [0.4, 0.5) is 0 Å². The van der Waals surface area contributed by atoms with Crippen LogP contribution in [0.5, 0.6) is 0 Å². The third-order valence-corrected chi connectivity index (χ3v) is 5.56. The maximum atomic E-state index is 13.1. The van der Waals surface area contributed by atoms with Gasteiger partial charge >= 0.3 is 0 Å². The Labute approximate surface area is 151 Å². The Balaban J connectivity index is 1.91. The number of ketones is 1. The van der Waals surface area contributed by atoms with E-state index in [4.69, 9.17) is 0 Å². The number of Topliss-reactive ketones (excluding diaryl/α,β-unsaturated/α-hetero) is 1. The minimum atomic E-state index is 0.110. The summed E-state index contributed by atoms with van der Waals surface area (Å²) in [6, 6.07) is 21.4. The highest BCUT2D eigenvalue weighted by Crippen LogP contribution is 2.43. The Morgan fingerprint density at radius 3 is 2.12 bits per heavy atom. The number of carbonyl (C=O) groups excluding carboxylic acids is 1. The second-order valence-electron chi connectivity index (χ2n) is 7.22. The summed E-state index contributed by atoms with van der Waals surface area (Å²) in [5, 5.41) is 0. The van der Waals surface area contributed by atoms with Crippen molar-refractivity contribution in [2.24, 2.45) is 5.92 Å². The lowest BCUT2D eigenvalue weighted by atomic mass is 9.77. The molecule has 0 bridgehead atoms. The first-order chi connectivity index (χ1) is 12.2. The van der Waals surface area contributed by atoms with Crippen LogP contribution in [0.2, 0.25) is 0 Å². The van der Waals surface area contributed by atoms with Crippen LogP contribution in [0.3, 0.4) is 0 Å². The Kier molecular flexibility index (Phi) is 6.04. The Morgan fingerprint density at radius 1 is 0.920 bits per heavy atom. The molecule has 0 N–H and O–H groups in total. The van der Waals surface area contributed by atoms with Crippen LogP contribution >= 0.6 is 0 Å². The molecule has 0 aromatic heterocycles. The molecule has 3 atom stereocenters. The van der Waals surface area contributed by atoms with Gasteiger partial charge in [0.05, 0.1) is 0 Å². The van der Waals surface area contributed by atoms with Crippen molar-refractivity contribution in [1.29, 1.82) is 0 Å². The topological polar surface area (TPSA) is 20.3 Å². The molecule has 0 aliphatic carbocycles. The first-order valence-corrected chi connectivity index (χ1v) is 9.57. The van der Waals surface area contributed by atoms with E-state index in [1.165, 1.54) is 24.0 Å². The molecule has 2 heteroatoms. The van der Waals surface area contributed by atoms with Crippen LogP contribution < -0.4 is 0 Å². The van der Waals surface area contributed by atoms with Crippen molar-refractivity contribution in [2.75, 3.05) is 7.05 Å². The number of hydrogen-bond acceptors (Lipinski definition) is 2. The van der Waals surface area contributed by atoms with Crippen molar-refractivity contribution in [3.05, 3.63) is 71.8 Å². The number of likely N-dealkylation sites (tertiary alicyclic amines) is 1. The highest BCUT2D eigenvalue weighted by molar-refractivity contribution is 5.83. The predicted octanol–water partition coefficient (Wildman–Crippen LogP) is 5.57. The molecular weight excluding hydrogens is 306 g/mol. The normalized spacial score (nSPS) is 24.4. The van der Waals surface area contributed by atoms with Gasteiger partial charge in [-0.05, 0) is 24.6 Å². The average molecular weight is 335 g/mol. The minimum absolute atomic E-state index is 0.110. The van der Waals surface area contributed by atoms with Crippen LogP contribution in [0.25, 0.3) is 0 Å². The number of piperidine rings is 1. The van der Waals surface area contributed by atoms with Gasteiger partial charge < -0.3 is 0 Å². The number of hydrogen-bond donors (Lipinski definition) is 0. The number of rotatable bonds is 6. The van der Waals surface area contributed by atoms with Crippen LogP contribution in [0, 0.1) is 5.92 Å². The molecule has 1 fully saturated rings. The summed E-state index contributed by atoms with van der Waals surface area (Å²) in [6.45, 7) is 2.22. The maximum absolute atomic E-state index is 13.1. The zero-order valence-corrected chi connectivity index (χ0v) is 15.4. The standard InChI is InChI=1S/C23H29NO/c1-3-4-7-16-20-22(25)17-21(18-12-8-5-9-13-18)24(2)23(20)19-14-10-6-11-15-19/h5-6,8-15,20-21,23H,3-4,7,16-17H2,1-2H3/t20-,21+,23-/m1/s1. The minimum Gasteiger partial charge on any atom is -0.299 e. The van der Waals surface area contributed by atoms with E-state index in [1.54, 1.807) is 0 Å². The molecule has 0 unspecified atom stereocenters. The van der Waals surface area contributed by atoms with Gasteiger partial charge in [-0.25, -0.2) is 0 Å². The molecule has 1 aliphatic rings. The van der Waals surface area contributed by atoms with E-state index < -0.39 is 0 Å². The fourth-order valence-electron chi connectivity index (χ4n) is 4.22.